The van der Waals surface area contributed by atoms with Crippen molar-refractivity contribution in [2.75, 3.05) is 0 Å². The minimum absolute atomic E-state index is 0.697. The van der Waals surface area contributed by atoms with Gasteiger partial charge in [-0.2, -0.15) is 0 Å². The molecule has 4 N–H and O–H groups in total. The second-order valence-electron chi connectivity index (χ2n) is 1.77. The van der Waals surface area contributed by atoms with Crippen LogP contribution in [0, 0.1) is 0 Å². The number of carboxylic acids is 2. The lowest BCUT2D eigenvalue weighted by molar-refractivity contribution is -0.137. The molecule has 0 aliphatic rings. The van der Waals surface area contributed by atoms with Crippen molar-refractivity contribution in [1.82, 2.24) is 5.48 Å². The Bertz CT molecular complexity index is 269. The fraction of sp³-hybridized carbons (Fsp3) is 0. The fourth-order valence-corrected chi connectivity index (χ4v) is 0.165. The molecular weight excluding hydrogens is 194 g/mol. The predicted octanol–water partition coefficient (Wildman–Crippen LogP) is -0.610. The lowest BCUT2D eigenvalue weighted by atomic mass is 10.3. The highest BCUT2D eigenvalue weighted by Gasteiger charge is 2.11. The van der Waals surface area contributed by atoms with Crippen LogP contribution in [0.25, 0.3) is 0 Å². The molecule has 0 aliphatic carbocycles. The first-order chi connectivity index (χ1) is 6.36. The Balaban J connectivity index is 0. The molecule has 1 amide bonds. The fourth-order valence-electron chi connectivity index (χ4n) is 0.165. The largest absolute Gasteiger partial charge is 0.478 e. The lowest BCUT2D eigenvalue weighted by Crippen LogP contribution is -2.24. The topological polar surface area (TPSA) is 124 Å². The van der Waals surface area contributed by atoms with Crippen LogP contribution in [-0.4, -0.2) is 33.3 Å². The summed E-state index contributed by atoms with van der Waals surface area (Å²) in [5, 5.41) is 23.4. The Hall–Kier alpha value is -2.15. The molecule has 78 valence electrons. The third-order valence-electron chi connectivity index (χ3n) is 0.808. The molecule has 0 aromatic heterocycles. The van der Waals surface area contributed by atoms with Crippen LogP contribution in [0.15, 0.2) is 24.8 Å². The van der Waals surface area contributed by atoms with Crippen LogP contribution < -0.4 is 5.48 Å². The standard InChI is InChI=1S/C4H5NO4.C3H4O2/c1-2(4(7)8)3(6)5-9;1-2-3(4)5/h9H,1H2,(H,5,6)(H,7,8);2H,1H2,(H,4,5). The van der Waals surface area contributed by atoms with Crippen molar-refractivity contribution in [1.29, 1.82) is 0 Å². The molecular formula is C7H9NO6. The van der Waals surface area contributed by atoms with E-state index in [0.717, 1.165) is 11.6 Å². The average molecular weight is 203 g/mol. The number of hydroxylamine groups is 1. The number of nitrogens with one attached hydrogen (secondary N) is 1. The van der Waals surface area contributed by atoms with E-state index in [1.807, 2.05) is 0 Å². The molecule has 0 aromatic carbocycles. The van der Waals surface area contributed by atoms with Gasteiger partial charge in [-0.3, -0.25) is 10.0 Å². The number of hydrogen-bond donors (Lipinski definition) is 4. The van der Waals surface area contributed by atoms with E-state index in [1.165, 1.54) is 0 Å². The van der Waals surface area contributed by atoms with Gasteiger partial charge in [-0.15, -0.1) is 0 Å². The van der Waals surface area contributed by atoms with Crippen LogP contribution in [-0.2, 0) is 14.4 Å². The smallest absolute Gasteiger partial charge is 0.340 e. The second kappa shape index (κ2) is 7.50. The summed E-state index contributed by atoms with van der Waals surface area (Å²) in [6.45, 7) is 5.81. The van der Waals surface area contributed by atoms with Crippen molar-refractivity contribution in [2.24, 2.45) is 0 Å². The molecule has 0 rings (SSSR count). The van der Waals surface area contributed by atoms with E-state index in [2.05, 4.69) is 13.2 Å². The summed E-state index contributed by atoms with van der Waals surface area (Å²) in [7, 11) is 0. The van der Waals surface area contributed by atoms with Gasteiger partial charge in [0.25, 0.3) is 5.91 Å². The normalized spacial score (nSPS) is 7.50. The molecule has 0 atom stereocenters. The maximum atomic E-state index is 10.1. The predicted molar refractivity (Wildman–Crippen MR) is 44.5 cm³/mol. The van der Waals surface area contributed by atoms with E-state index in [-0.39, 0.29) is 0 Å². The quantitative estimate of drug-likeness (QED) is 0.159. The molecule has 0 fully saturated rings. The number of rotatable bonds is 3. The second-order valence-corrected chi connectivity index (χ2v) is 1.77. The SMILES string of the molecule is C=C(C(=O)O)C(=O)NO.C=CC(=O)O. The molecule has 0 aliphatic heterocycles. The Morgan fingerprint density at radius 1 is 1.21 bits per heavy atom. The molecule has 0 radical (unpaired) electrons. The number of carbonyl (C=O) groups is 3. The van der Waals surface area contributed by atoms with E-state index in [1.54, 1.807) is 0 Å². The summed E-state index contributed by atoms with van der Waals surface area (Å²) < 4.78 is 0. The van der Waals surface area contributed by atoms with Crippen molar-refractivity contribution in [3.05, 3.63) is 24.8 Å². The summed E-state index contributed by atoms with van der Waals surface area (Å²) in [6, 6.07) is 0. The van der Waals surface area contributed by atoms with Crippen LogP contribution in [0.5, 0.6) is 0 Å². The molecule has 7 heteroatoms. The van der Waals surface area contributed by atoms with Gasteiger partial charge in [-0.05, 0) is 0 Å². The van der Waals surface area contributed by atoms with Crippen molar-refractivity contribution < 1.29 is 29.8 Å². The van der Waals surface area contributed by atoms with Crippen LogP contribution in [0.4, 0.5) is 0 Å². The van der Waals surface area contributed by atoms with E-state index in [0.29, 0.717) is 0 Å². The summed E-state index contributed by atoms with van der Waals surface area (Å²) in [4.78, 5) is 29.2. The molecule has 0 unspecified atom stereocenters. The monoisotopic (exact) mass is 203 g/mol. The number of carboxylic acid groups (broad SMARTS) is 2. The number of hydrogen-bond acceptors (Lipinski definition) is 4. The summed E-state index contributed by atoms with van der Waals surface area (Å²) in [6.07, 6.45) is 0.833. The third kappa shape index (κ3) is 7.95. The van der Waals surface area contributed by atoms with Gasteiger partial charge >= 0.3 is 11.9 Å². The first kappa shape index (κ1) is 14.4. The molecule has 0 aromatic rings. The van der Waals surface area contributed by atoms with E-state index in [9.17, 15) is 14.4 Å². The van der Waals surface area contributed by atoms with Gasteiger partial charge in [0.15, 0.2) is 0 Å². The minimum Gasteiger partial charge on any atom is -0.478 e. The van der Waals surface area contributed by atoms with Gasteiger partial charge in [-0.25, -0.2) is 15.1 Å². The minimum atomic E-state index is -1.46. The van der Waals surface area contributed by atoms with Gasteiger partial charge in [0.05, 0.1) is 0 Å². The molecule has 0 bridgehead atoms. The molecule has 0 heterocycles. The maximum Gasteiger partial charge on any atom is 0.340 e. The third-order valence-corrected chi connectivity index (χ3v) is 0.808. The number of amides is 1. The highest BCUT2D eigenvalue weighted by molar-refractivity contribution is 6.14. The summed E-state index contributed by atoms with van der Waals surface area (Å²) in [5.41, 5.74) is 0.430. The maximum absolute atomic E-state index is 10.1. The molecule has 0 saturated carbocycles. The Labute approximate surface area is 78.9 Å². The highest BCUT2D eigenvalue weighted by Crippen LogP contribution is 1.86. The van der Waals surface area contributed by atoms with Crippen LogP contribution in [0.2, 0.25) is 0 Å². The van der Waals surface area contributed by atoms with Crippen molar-refractivity contribution in [2.45, 2.75) is 0 Å². The van der Waals surface area contributed by atoms with Gasteiger partial charge < -0.3 is 10.2 Å². The van der Waals surface area contributed by atoms with Gasteiger partial charge in [0.2, 0.25) is 0 Å². The first-order valence-electron chi connectivity index (χ1n) is 3.08. The average Bonchev–Trinajstić information content (AvgIpc) is 2.16. The van der Waals surface area contributed by atoms with Crippen molar-refractivity contribution >= 4 is 17.8 Å². The van der Waals surface area contributed by atoms with Gasteiger partial charge in [0, 0.05) is 6.08 Å². The zero-order valence-electron chi connectivity index (χ0n) is 7.06. The van der Waals surface area contributed by atoms with Gasteiger partial charge in [-0.1, -0.05) is 13.2 Å². The van der Waals surface area contributed by atoms with Crippen LogP contribution in [0.3, 0.4) is 0 Å². The number of aliphatic carboxylic acids is 2. The molecule has 0 spiro atoms. The molecule has 7 nitrogen and oxygen atoms in total. The first-order valence-corrected chi connectivity index (χ1v) is 3.08. The van der Waals surface area contributed by atoms with E-state index in [4.69, 9.17) is 15.4 Å². The molecule has 0 saturated heterocycles. The van der Waals surface area contributed by atoms with Crippen molar-refractivity contribution in [3.63, 3.8) is 0 Å². The highest BCUT2D eigenvalue weighted by atomic mass is 16.5. The van der Waals surface area contributed by atoms with E-state index >= 15 is 0 Å². The zero-order chi connectivity index (χ0) is 11.7. The Kier molecular flexibility index (Phi) is 7.70. The van der Waals surface area contributed by atoms with Crippen molar-refractivity contribution in [3.8, 4) is 0 Å². The van der Waals surface area contributed by atoms with Crippen LogP contribution in [0.1, 0.15) is 0 Å². The van der Waals surface area contributed by atoms with E-state index < -0.39 is 23.4 Å². The molecule has 14 heavy (non-hydrogen) atoms. The lowest BCUT2D eigenvalue weighted by Gasteiger charge is -1.93. The van der Waals surface area contributed by atoms with Gasteiger partial charge in [0.1, 0.15) is 5.57 Å². The summed E-state index contributed by atoms with van der Waals surface area (Å²) in [5.74, 6) is -3.55. The summed E-state index contributed by atoms with van der Waals surface area (Å²) >= 11 is 0. The Morgan fingerprint density at radius 2 is 1.57 bits per heavy atom. The Morgan fingerprint density at radius 3 is 1.64 bits per heavy atom. The zero-order valence-corrected chi connectivity index (χ0v) is 7.06. The number of carbonyl (C=O) groups excluding carboxylic acids is 1. The van der Waals surface area contributed by atoms with Crippen LogP contribution >= 0.6 is 0 Å².